The van der Waals surface area contributed by atoms with Crippen LogP contribution in [0.2, 0.25) is 0 Å². The molecular weight excluding hydrogens is 881 g/mol. The van der Waals surface area contributed by atoms with Gasteiger partial charge in [-0.15, -0.1) is 0 Å². The molecule has 0 radical (unpaired) electrons. The van der Waals surface area contributed by atoms with E-state index in [4.69, 9.17) is 33.2 Å². The van der Waals surface area contributed by atoms with E-state index in [1.807, 2.05) is 13.8 Å². The lowest BCUT2D eigenvalue weighted by Crippen LogP contribution is -2.69. The SMILES string of the molecule is C=C(C)C1CC[C@]2(C(=O)O[C@@H]3O[C@H](CO[C@@H]4O[C@H](CO)[C@@H](O[C@H]5O[C@H](C)[C@@H](O)[C@H](O)[C@@H]5O)[C@H](O)[C@H]4O)[C@@H](O)[C@H](O)[C@H]3O)CC[C@]3(C)C(CC4OC(=O)C[C@@H](O)[C@]5(C)C4[C@@]3(C)CC[C@H]5C(=C)C)C12. The zero-order valence-corrected chi connectivity index (χ0v) is 39.3. The first-order valence-electron chi connectivity index (χ1n) is 24.1. The fourth-order valence-electron chi connectivity index (χ4n) is 15.0. The minimum atomic E-state index is -1.89. The van der Waals surface area contributed by atoms with Crippen LogP contribution in [-0.4, -0.2) is 181 Å². The van der Waals surface area contributed by atoms with Gasteiger partial charge in [-0.05, 0) is 100 Å². The number of carbonyl (C=O) groups is 2. The molecule has 4 aliphatic heterocycles. The van der Waals surface area contributed by atoms with Crippen molar-refractivity contribution in [3.8, 4) is 0 Å². The van der Waals surface area contributed by atoms with Crippen LogP contribution in [-0.2, 0) is 42.7 Å². The van der Waals surface area contributed by atoms with E-state index in [9.17, 15) is 55.9 Å². The molecule has 26 atom stereocenters. The van der Waals surface area contributed by atoms with Crippen LogP contribution in [0.5, 0.6) is 0 Å². The minimum Gasteiger partial charge on any atom is -0.462 e. The maximum absolute atomic E-state index is 15.0. The molecule has 67 heavy (non-hydrogen) atoms. The summed E-state index contributed by atoms with van der Waals surface area (Å²) >= 11 is 0. The fraction of sp³-hybridized carbons (Fsp3) is 0.875. The molecular formula is C48H74O19. The number of ether oxygens (including phenoxy) is 7. The molecule has 0 aromatic heterocycles. The van der Waals surface area contributed by atoms with Crippen molar-refractivity contribution in [2.75, 3.05) is 13.2 Å². The third kappa shape index (κ3) is 7.98. The summed E-state index contributed by atoms with van der Waals surface area (Å²) in [7, 11) is 0. The van der Waals surface area contributed by atoms with E-state index < -0.39 is 146 Å². The topological polar surface area (TPSA) is 301 Å². The second-order valence-electron chi connectivity index (χ2n) is 22.1. The molecule has 8 rings (SSSR count). The Bertz CT molecular complexity index is 1880. The summed E-state index contributed by atoms with van der Waals surface area (Å²) in [5.74, 6) is -1.91. The lowest BCUT2D eigenvalue weighted by Gasteiger charge is -2.71. The van der Waals surface area contributed by atoms with Gasteiger partial charge in [-0.1, -0.05) is 45.1 Å². The molecule has 0 aromatic rings. The Kier molecular flexibility index (Phi) is 14.1. The molecule has 19 heteroatoms. The smallest absolute Gasteiger partial charge is 0.314 e. The highest BCUT2D eigenvalue weighted by Crippen LogP contribution is 2.77. The molecule has 5 unspecified atom stereocenters. The second kappa shape index (κ2) is 18.5. The largest absolute Gasteiger partial charge is 0.462 e. The van der Waals surface area contributed by atoms with E-state index in [-0.39, 0.29) is 41.4 Å². The summed E-state index contributed by atoms with van der Waals surface area (Å²) < 4.78 is 41.0. The molecule has 8 aliphatic rings. The first-order valence-corrected chi connectivity index (χ1v) is 24.1. The van der Waals surface area contributed by atoms with Crippen LogP contribution in [0.15, 0.2) is 24.3 Å². The van der Waals surface area contributed by atoms with Crippen LogP contribution in [0.25, 0.3) is 0 Å². The number of allylic oxidation sites excluding steroid dienone is 2. The summed E-state index contributed by atoms with van der Waals surface area (Å²) in [5, 5.41) is 108. The van der Waals surface area contributed by atoms with Gasteiger partial charge in [-0.2, -0.15) is 0 Å². The van der Waals surface area contributed by atoms with Crippen molar-refractivity contribution in [3.05, 3.63) is 24.3 Å². The van der Waals surface area contributed by atoms with Crippen molar-refractivity contribution in [1.29, 1.82) is 0 Å². The molecule has 0 bridgehead atoms. The minimum absolute atomic E-state index is 0.0263. The van der Waals surface area contributed by atoms with E-state index in [1.165, 1.54) is 6.92 Å². The average Bonchev–Trinajstić information content (AvgIpc) is 3.64. The van der Waals surface area contributed by atoms with Gasteiger partial charge < -0.3 is 84.2 Å². The number of aliphatic hydroxyl groups is 10. The Morgan fingerprint density at radius 2 is 1.37 bits per heavy atom. The summed E-state index contributed by atoms with van der Waals surface area (Å²) in [6.45, 7) is 19.3. The molecule has 0 spiro atoms. The van der Waals surface area contributed by atoms with Crippen LogP contribution in [0.3, 0.4) is 0 Å². The normalized spacial score (nSPS) is 54.1. The van der Waals surface area contributed by atoms with Gasteiger partial charge in [0.15, 0.2) is 12.6 Å². The van der Waals surface area contributed by atoms with Crippen molar-refractivity contribution in [3.63, 3.8) is 0 Å². The number of fused-ring (bicyclic) bond motifs is 4. The number of aliphatic hydroxyl groups excluding tert-OH is 10. The van der Waals surface area contributed by atoms with E-state index in [1.54, 1.807) is 0 Å². The fourth-order valence-corrected chi connectivity index (χ4v) is 15.0. The molecule has 380 valence electrons. The number of hydrogen-bond donors (Lipinski definition) is 10. The van der Waals surface area contributed by atoms with Gasteiger partial charge in [-0.3, -0.25) is 9.59 Å². The standard InChI is InChI=1S/C48H74O19/c1-19(2)22-9-12-48(14-13-45(6)24(30(22)48)15-25-40-46(45,7)11-10-23(20(3)4)47(40,8)28(50)16-29(51)63-25)44(60)67-43-37(58)34(55)32(53)27(65-43)18-61-41-38(59)35(56)39(26(17-49)64-41)66-42-36(57)33(54)31(52)21(5)62-42/h21-28,30-43,49-50,52-59H,1,3,9-18H2,2,4-8H3/t21-,22?,23+,24?,25?,26-,27-,28-,30?,31-,32-,33+,34+,35-,36+,37-,38-,39-,40?,41-,42-,43+,45-,46-,47-,48+/m1/s1. The number of carbonyl (C=O) groups excluding carboxylic acids is 2. The zero-order chi connectivity index (χ0) is 49.0. The molecule has 4 aliphatic carbocycles. The Labute approximate surface area is 391 Å². The first kappa shape index (κ1) is 51.2. The van der Waals surface area contributed by atoms with Crippen LogP contribution in [0, 0.1) is 51.2 Å². The van der Waals surface area contributed by atoms with Crippen molar-refractivity contribution < 1.29 is 93.8 Å². The number of esters is 2. The molecule has 0 amide bonds. The molecule has 4 saturated carbocycles. The van der Waals surface area contributed by atoms with Gasteiger partial charge in [-0.25, -0.2) is 0 Å². The molecule has 8 fully saturated rings. The first-order chi connectivity index (χ1) is 31.4. The Hall–Kier alpha value is -2.18. The van der Waals surface area contributed by atoms with Crippen molar-refractivity contribution >= 4 is 11.9 Å². The third-order valence-corrected chi connectivity index (χ3v) is 18.8. The summed E-state index contributed by atoms with van der Waals surface area (Å²) in [6.07, 6.45) is -22.1. The zero-order valence-electron chi connectivity index (χ0n) is 39.3. The number of rotatable bonds is 10. The Morgan fingerprint density at radius 1 is 0.731 bits per heavy atom. The van der Waals surface area contributed by atoms with E-state index in [0.717, 1.165) is 24.0 Å². The highest BCUT2D eigenvalue weighted by Gasteiger charge is 2.75. The summed E-state index contributed by atoms with van der Waals surface area (Å²) in [4.78, 5) is 28.5. The lowest BCUT2D eigenvalue weighted by atomic mass is 9.33. The van der Waals surface area contributed by atoms with Crippen molar-refractivity contribution in [1.82, 2.24) is 0 Å². The summed E-state index contributed by atoms with van der Waals surface area (Å²) in [6, 6.07) is 0. The lowest BCUT2D eigenvalue weighted by molar-refractivity contribution is -0.361. The predicted octanol–water partition coefficient (Wildman–Crippen LogP) is -0.294. The molecule has 4 saturated heterocycles. The van der Waals surface area contributed by atoms with Gasteiger partial charge >= 0.3 is 11.9 Å². The van der Waals surface area contributed by atoms with E-state index >= 15 is 4.79 Å². The molecule has 10 N–H and O–H groups in total. The van der Waals surface area contributed by atoms with Crippen molar-refractivity contribution in [2.24, 2.45) is 51.2 Å². The van der Waals surface area contributed by atoms with E-state index in [0.29, 0.717) is 32.1 Å². The quantitative estimate of drug-likeness (QED) is 0.0994. The highest BCUT2D eigenvalue weighted by molar-refractivity contribution is 5.78. The van der Waals surface area contributed by atoms with Gasteiger partial charge in [0, 0.05) is 11.3 Å². The van der Waals surface area contributed by atoms with Gasteiger partial charge in [0.05, 0.1) is 37.3 Å². The van der Waals surface area contributed by atoms with Crippen LogP contribution in [0.4, 0.5) is 0 Å². The second-order valence-corrected chi connectivity index (χ2v) is 22.1. The third-order valence-electron chi connectivity index (χ3n) is 18.8. The van der Waals surface area contributed by atoms with Crippen molar-refractivity contribution in [2.45, 2.75) is 197 Å². The number of hydrogen-bond acceptors (Lipinski definition) is 19. The van der Waals surface area contributed by atoms with Crippen LogP contribution in [0.1, 0.15) is 92.9 Å². The Balaban J connectivity index is 0.998. The van der Waals surface area contributed by atoms with Crippen LogP contribution >= 0.6 is 0 Å². The van der Waals surface area contributed by atoms with Gasteiger partial charge in [0.2, 0.25) is 6.29 Å². The highest BCUT2D eigenvalue weighted by atomic mass is 16.8. The monoisotopic (exact) mass is 954 g/mol. The maximum atomic E-state index is 15.0. The van der Waals surface area contributed by atoms with Gasteiger partial charge in [0.25, 0.3) is 0 Å². The molecule has 19 nitrogen and oxygen atoms in total. The average molecular weight is 955 g/mol. The maximum Gasteiger partial charge on any atom is 0.314 e. The Morgan fingerprint density at radius 3 is 2.03 bits per heavy atom. The molecule has 4 heterocycles. The summed E-state index contributed by atoms with van der Waals surface area (Å²) in [5.41, 5.74) is -0.717. The van der Waals surface area contributed by atoms with E-state index in [2.05, 4.69) is 33.9 Å². The van der Waals surface area contributed by atoms with Crippen LogP contribution < -0.4 is 0 Å². The van der Waals surface area contributed by atoms with Gasteiger partial charge in [0.1, 0.15) is 73.2 Å². The molecule has 0 aromatic carbocycles. The predicted molar refractivity (Wildman–Crippen MR) is 230 cm³/mol.